The fourth-order valence-electron chi connectivity index (χ4n) is 3.74. The molecule has 0 saturated carbocycles. The molecule has 0 unspecified atom stereocenters. The molecule has 0 aliphatic carbocycles. The molecule has 136 valence electrons. The third kappa shape index (κ3) is 3.21. The van der Waals surface area contributed by atoms with Gasteiger partial charge in [0, 0.05) is 30.9 Å². The quantitative estimate of drug-likeness (QED) is 0.879. The van der Waals surface area contributed by atoms with Crippen LogP contribution in [-0.4, -0.2) is 40.4 Å². The fourth-order valence-corrected chi connectivity index (χ4v) is 3.93. The van der Waals surface area contributed by atoms with E-state index < -0.39 is 0 Å². The predicted octanol–water partition coefficient (Wildman–Crippen LogP) is 2.61. The minimum absolute atomic E-state index is 0.110. The zero-order valence-electron chi connectivity index (χ0n) is 14.5. The number of hydrogen-bond acceptors (Lipinski definition) is 4. The van der Waals surface area contributed by atoms with Crippen molar-refractivity contribution in [3.63, 3.8) is 0 Å². The second-order valence-electron chi connectivity index (χ2n) is 6.85. The van der Waals surface area contributed by atoms with E-state index in [-0.39, 0.29) is 11.5 Å². The lowest BCUT2D eigenvalue weighted by Gasteiger charge is -2.30. The van der Waals surface area contributed by atoms with Crippen LogP contribution >= 0.6 is 11.6 Å². The number of halogens is 1. The zero-order chi connectivity index (χ0) is 18.1. The lowest BCUT2D eigenvalue weighted by molar-refractivity contribution is 0.0731. The van der Waals surface area contributed by atoms with Crippen molar-refractivity contribution in [1.29, 1.82) is 0 Å². The molecule has 0 bridgehead atoms. The number of benzene rings is 1. The highest BCUT2D eigenvalue weighted by Crippen LogP contribution is 2.27. The van der Waals surface area contributed by atoms with Crippen LogP contribution in [0.3, 0.4) is 0 Å². The average molecular weight is 373 g/mol. The van der Waals surface area contributed by atoms with E-state index >= 15 is 0 Å². The van der Waals surface area contributed by atoms with Gasteiger partial charge in [0.05, 0.1) is 29.2 Å². The van der Waals surface area contributed by atoms with E-state index in [2.05, 4.69) is 14.9 Å². The molecule has 2 aliphatic heterocycles. The summed E-state index contributed by atoms with van der Waals surface area (Å²) in [5, 5.41) is 0.459. The number of rotatable bonds is 2. The minimum atomic E-state index is -0.118. The molecule has 0 spiro atoms. The van der Waals surface area contributed by atoms with Crippen molar-refractivity contribution >= 4 is 23.2 Å². The van der Waals surface area contributed by atoms with Crippen molar-refractivity contribution in [2.24, 2.45) is 0 Å². The summed E-state index contributed by atoms with van der Waals surface area (Å²) in [6, 6.07) is 5.69. The van der Waals surface area contributed by atoms with Crippen molar-refractivity contribution in [3.8, 4) is 0 Å². The molecule has 0 radical (unpaired) electrons. The topological polar surface area (TPSA) is 69.3 Å². The lowest BCUT2D eigenvalue weighted by atomic mass is 10.0. The van der Waals surface area contributed by atoms with Crippen LogP contribution < -0.4 is 10.5 Å². The number of aromatic nitrogens is 2. The highest BCUT2D eigenvalue weighted by atomic mass is 35.5. The highest BCUT2D eigenvalue weighted by molar-refractivity contribution is 6.34. The molecule has 1 amide bonds. The van der Waals surface area contributed by atoms with Crippen LogP contribution in [0.5, 0.6) is 0 Å². The number of carbonyl (C=O) groups is 1. The largest absolute Gasteiger partial charge is 0.372 e. The molecule has 7 heteroatoms. The lowest BCUT2D eigenvalue weighted by Crippen LogP contribution is -2.39. The molecule has 2 aliphatic rings. The van der Waals surface area contributed by atoms with Crippen molar-refractivity contribution in [2.45, 2.75) is 32.2 Å². The third-order valence-electron chi connectivity index (χ3n) is 5.20. The maximum absolute atomic E-state index is 13.1. The first-order valence-electron chi connectivity index (χ1n) is 9.02. The molecule has 0 atom stereocenters. The first kappa shape index (κ1) is 17.1. The first-order valence-corrected chi connectivity index (χ1v) is 9.40. The summed E-state index contributed by atoms with van der Waals surface area (Å²) in [5.41, 5.74) is 2.78. The number of fused-ring (bicyclic) bond motifs is 1. The second-order valence-corrected chi connectivity index (χ2v) is 7.25. The smallest absolute Gasteiger partial charge is 0.255 e. The van der Waals surface area contributed by atoms with Gasteiger partial charge in [-0.15, -0.1) is 0 Å². The fraction of sp³-hybridized carbons (Fsp3) is 0.421. The SMILES string of the molecule is O=C(c1cc(N2CCCCC2)ccc1Cl)N1CCc2c(nc[nH]c2=O)C1. The maximum Gasteiger partial charge on any atom is 0.255 e. The third-order valence-corrected chi connectivity index (χ3v) is 5.53. The van der Waals surface area contributed by atoms with Gasteiger partial charge >= 0.3 is 0 Å². The molecule has 6 nitrogen and oxygen atoms in total. The number of amides is 1. The van der Waals surface area contributed by atoms with Crippen molar-refractivity contribution < 1.29 is 4.79 Å². The van der Waals surface area contributed by atoms with E-state index in [1.165, 1.54) is 25.6 Å². The van der Waals surface area contributed by atoms with E-state index in [0.717, 1.165) is 18.8 Å². The Morgan fingerprint density at radius 2 is 1.96 bits per heavy atom. The Morgan fingerprint density at radius 1 is 1.15 bits per heavy atom. The van der Waals surface area contributed by atoms with E-state index in [9.17, 15) is 9.59 Å². The van der Waals surface area contributed by atoms with Gasteiger partial charge in [0.1, 0.15) is 0 Å². The Bertz CT molecular complexity index is 889. The predicted molar refractivity (Wildman–Crippen MR) is 101 cm³/mol. The molecule has 1 fully saturated rings. The van der Waals surface area contributed by atoms with Crippen LogP contribution in [0.25, 0.3) is 0 Å². The van der Waals surface area contributed by atoms with Crippen LogP contribution in [0.15, 0.2) is 29.3 Å². The minimum Gasteiger partial charge on any atom is -0.372 e. The molecular formula is C19H21ClN4O2. The molecule has 1 aromatic carbocycles. The van der Waals surface area contributed by atoms with E-state index in [1.807, 2.05) is 12.1 Å². The van der Waals surface area contributed by atoms with Crippen molar-refractivity contribution in [3.05, 3.63) is 56.7 Å². The van der Waals surface area contributed by atoms with Crippen LogP contribution in [0.2, 0.25) is 5.02 Å². The van der Waals surface area contributed by atoms with Crippen LogP contribution in [0, 0.1) is 0 Å². The maximum atomic E-state index is 13.1. The standard InChI is InChI=1S/C19H21ClN4O2/c20-16-5-4-13(23-7-2-1-3-8-23)10-15(16)19(26)24-9-6-14-17(11-24)21-12-22-18(14)25/h4-5,10,12H,1-3,6-9,11H2,(H,21,22,25). The molecule has 4 rings (SSSR count). The highest BCUT2D eigenvalue weighted by Gasteiger charge is 2.26. The van der Waals surface area contributed by atoms with E-state index in [4.69, 9.17) is 11.6 Å². The normalized spacial score (nSPS) is 17.1. The molecule has 3 heterocycles. The summed E-state index contributed by atoms with van der Waals surface area (Å²) >= 11 is 6.34. The molecule has 1 saturated heterocycles. The first-order chi connectivity index (χ1) is 12.6. The average Bonchev–Trinajstić information content (AvgIpc) is 2.68. The molecular weight excluding hydrogens is 352 g/mol. The summed E-state index contributed by atoms with van der Waals surface area (Å²) < 4.78 is 0. The summed E-state index contributed by atoms with van der Waals surface area (Å²) in [7, 11) is 0. The number of hydrogen-bond donors (Lipinski definition) is 1. The Hall–Kier alpha value is -2.34. The molecule has 1 aromatic heterocycles. The van der Waals surface area contributed by atoms with Crippen molar-refractivity contribution in [2.75, 3.05) is 24.5 Å². The Labute approximate surface area is 156 Å². The Balaban J connectivity index is 1.59. The van der Waals surface area contributed by atoms with Gasteiger partial charge in [0.2, 0.25) is 0 Å². The van der Waals surface area contributed by atoms with Crippen LogP contribution in [0.1, 0.15) is 40.9 Å². The second kappa shape index (κ2) is 7.11. The molecule has 2 aromatic rings. The summed E-state index contributed by atoms with van der Waals surface area (Å²) in [4.78, 5) is 35.8. The van der Waals surface area contributed by atoms with Gasteiger partial charge in [-0.3, -0.25) is 9.59 Å². The van der Waals surface area contributed by atoms with Gasteiger partial charge in [-0.25, -0.2) is 4.98 Å². The van der Waals surface area contributed by atoms with E-state index in [1.54, 1.807) is 11.0 Å². The summed E-state index contributed by atoms with van der Waals surface area (Å²) in [5.74, 6) is -0.110. The monoisotopic (exact) mass is 372 g/mol. The van der Waals surface area contributed by atoms with E-state index in [0.29, 0.717) is 41.4 Å². The van der Waals surface area contributed by atoms with Crippen LogP contribution in [0.4, 0.5) is 5.69 Å². The summed E-state index contributed by atoms with van der Waals surface area (Å²) in [6.07, 6.45) is 5.51. The van der Waals surface area contributed by atoms with Crippen LogP contribution in [-0.2, 0) is 13.0 Å². The number of anilines is 1. The zero-order valence-corrected chi connectivity index (χ0v) is 15.3. The van der Waals surface area contributed by atoms with Gasteiger partial charge in [0.15, 0.2) is 0 Å². The van der Waals surface area contributed by atoms with Crippen molar-refractivity contribution in [1.82, 2.24) is 14.9 Å². The number of nitrogens with zero attached hydrogens (tertiary/aromatic N) is 3. The number of carbonyl (C=O) groups excluding carboxylic acids is 1. The van der Waals surface area contributed by atoms with Gasteiger partial charge in [0.25, 0.3) is 11.5 Å². The number of H-pyrrole nitrogens is 1. The number of piperidine rings is 1. The van der Waals surface area contributed by atoms with Gasteiger partial charge in [-0.05, 0) is 43.9 Å². The molecule has 26 heavy (non-hydrogen) atoms. The summed E-state index contributed by atoms with van der Waals surface area (Å²) in [6.45, 7) is 2.85. The van der Waals surface area contributed by atoms with Gasteiger partial charge in [-0.1, -0.05) is 11.6 Å². The van der Waals surface area contributed by atoms with Gasteiger partial charge < -0.3 is 14.8 Å². The van der Waals surface area contributed by atoms with Gasteiger partial charge in [-0.2, -0.15) is 0 Å². The number of nitrogens with one attached hydrogen (secondary N) is 1. The number of aromatic amines is 1. The molecule has 1 N–H and O–H groups in total. The Kier molecular flexibility index (Phi) is 4.68. The Morgan fingerprint density at radius 3 is 2.77 bits per heavy atom.